The molecule has 134 valence electrons. The molecule has 1 unspecified atom stereocenters. The highest BCUT2D eigenvalue weighted by Crippen LogP contribution is 2.27. The second-order valence-electron chi connectivity index (χ2n) is 6.67. The molecule has 2 amide bonds. The van der Waals surface area contributed by atoms with Gasteiger partial charge in [-0.05, 0) is 49.6 Å². The Labute approximate surface area is 156 Å². The average Bonchev–Trinajstić information content (AvgIpc) is 3.09. The van der Waals surface area contributed by atoms with Crippen LogP contribution >= 0.6 is 11.6 Å². The van der Waals surface area contributed by atoms with Crippen molar-refractivity contribution in [1.82, 2.24) is 19.5 Å². The molecule has 0 radical (unpaired) electrons. The van der Waals surface area contributed by atoms with E-state index in [1.807, 2.05) is 52.8 Å². The first-order valence-electron chi connectivity index (χ1n) is 8.73. The molecule has 2 aromatic heterocycles. The van der Waals surface area contributed by atoms with Gasteiger partial charge in [-0.1, -0.05) is 23.7 Å². The number of piperidine rings is 1. The fraction of sp³-hybridized carbons (Fsp3) is 0.316. The quantitative estimate of drug-likeness (QED) is 0.739. The summed E-state index contributed by atoms with van der Waals surface area (Å²) in [5.41, 5.74) is 2.53. The Kier molecular flexibility index (Phi) is 4.51. The van der Waals surface area contributed by atoms with Crippen LogP contribution in [-0.4, -0.2) is 38.6 Å². The van der Waals surface area contributed by atoms with Crippen molar-refractivity contribution in [3.8, 4) is 0 Å². The summed E-state index contributed by atoms with van der Waals surface area (Å²) in [5.74, 6) is 1.09. The van der Waals surface area contributed by atoms with Crippen LogP contribution in [0.4, 0.5) is 10.5 Å². The molecule has 4 rings (SSSR count). The second kappa shape index (κ2) is 6.96. The topological polar surface area (TPSA) is 62.5 Å². The molecule has 7 heteroatoms. The van der Waals surface area contributed by atoms with E-state index in [1.165, 1.54) is 0 Å². The number of pyridine rings is 1. The van der Waals surface area contributed by atoms with E-state index < -0.39 is 0 Å². The number of aryl methyl sites for hydroxylation is 1. The summed E-state index contributed by atoms with van der Waals surface area (Å²) in [7, 11) is 0. The van der Waals surface area contributed by atoms with Crippen molar-refractivity contribution in [2.75, 3.05) is 18.4 Å². The van der Waals surface area contributed by atoms with Crippen LogP contribution in [0.3, 0.4) is 0 Å². The lowest BCUT2D eigenvalue weighted by atomic mass is 9.97. The summed E-state index contributed by atoms with van der Waals surface area (Å²) in [6.07, 6.45) is 3.91. The van der Waals surface area contributed by atoms with Gasteiger partial charge in [-0.15, -0.1) is 10.2 Å². The maximum absolute atomic E-state index is 12.7. The fourth-order valence-electron chi connectivity index (χ4n) is 3.38. The summed E-state index contributed by atoms with van der Waals surface area (Å²) < 4.78 is 2.01. The smallest absolute Gasteiger partial charge is 0.321 e. The standard InChI is InChI=1S/C19H20ClN5O/c1-13-7-8-15(11-16(13)20)21-19(26)24-9-4-5-14(12-24)18-23-22-17-6-2-3-10-25(17)18/h2-3,6-8,10-11,14H,4-5,9,12H2,1H3,(H,21,26). The zero-order chi connectivity index (χ0) is 18.1. The van der Waals surface area contributed by atoms with Gasteiger partial charge in [-0.2, -0.15) is 0 Å². The normalized spacial score (nSPS) is 17.5. The zero-order valence-corrected chi connectivity index (χ0v) is 15.3. The highest BCUT2D eigenvalue weighted by Gasteiger charge is 2.28. The van der Waals surface area contributed by atoms with Crippen molar-refractivity contribution >= 4 is 29.0 Å². The van der Waals surface area contributed by atoms with E-state index in [0.717, 1.165) is 36.4 Å². The Bertz CT molecular complexity index is 954. The van der Waals surface area contributed by atoms with E-state index in [2.05, 4.69) is 15.5 Å². The SMILES string of the molecule is Cc1ccc(NC(=O)N2CCCC(c3nnc4ccccn34)C2)cc1Cl. The number of rotatable bonds is 2. The number of carbonyl (C=O) groups is 1. The van der Waals surface area contributed by atoms with E-state index in [-0.39, 0.29) is 11.9 Å². The van der Waals surface area contributed by atoms with Gasteiger partial charge in [-0.25, -0.2) is 4.79 Å². The molecule has 0 spiro atoms. The van der Waals surface area contributed by atoms with E-state index in [9.17, 15) is 4.79 Å². The molecule has 1 fully saturated rings. The molecule has 1 saturated heterocycles. The first kappa shape index (κ1) is 16.8. The third-order valence-corrected chi connectivity index (χ3v) is 5.24. The first-order valence-corrected chi connectivity index (χ1v) is 9.11. The highest BCUT2D eigenvalue weighted by molar-refractivity contribution is 6.31. The highest BCUT2D eigenvalue weighted by atomic mass is 35.5. The Morgan fingerprint density at radius 1 is 1.27 bits per heavy atom. The number of halogens is 1. The maximum atomic E-state index is 12.7. The van der Waals surface area contributed by atoms with Crippen LogP contribution in [0.1, 0.15) is 30.1 Å². The van der Waals surface area contributed by atoms with Gasteiger partial charge < -0.3 is 10.2 Å². The van der Waals surface area contributed by atoms with Crippen LogP contribution in [0.15, 0.2) is 42.6 Å². The van der Waals surface area contributed by atoms with Gasteiger partial charge in [0.2, 0.25) is 0 Å². The molecule has 0 bridgehead atoms. The van der Waals surface area contributed by atoms with Gasteiger partial charge in [0.05, 0.1) is 0 Å². The van der Waals surface area contributed by atoms with Crippen LogP contribution in [0, 0.1) is 6.92 Å². The van der Waals surface area contributed by atoms with Gasteiger partial charge in [0, 0.05) is 35.9 Å². The zero-order valence-electron chi connectivity index (χ0n) is 14.5. The summed E-state index contributed by atoms with van der Waals surface area (Å²) in [6.45, 7) is 3.30. The predicted molar refractivity (Wildman–Crippen MR) is 102 cm³/mol. The number of likely N-dealkylation sites (tertiary alicyclic amines) is 1. The molecule has 0 saturated carbocycles. The number of nitrogens with zero attached hydrogens (tertiary/aromatic N) is 4. The minimum absolute atomic E-state index is 0.108. The molecule has 1 aliphatic heterocycles. The van der Waals surface area contributed by atoms with Crippen molar-refractivity contribution in [3.63, 3.8) is 0 Å². The van der Waals surface area contributed by atoms with E-state index in [0.29, 0.717) is 17.3 Å². The molecule has 3 aromatic rings. The number of carbonyl (C=O) groups excluding carboxylic acids is 1. The number of aromatic nitrogens is 3. The van der Waals surface area contributed by atoms with Crippen LogP contribution in [-0.2, 0) is 0 Å². The van der Waals surface area contributed by atoms with Gasteiger partial charge in [0.15, 0.2) is 5.65 Å². The third kappa shape index (κ3) is 3.24. The second-order valence-corrected chi connectivity index (χ2v) is 7.07. The third-order valence-electron chi connectivity index (χ3n) is 4.84. The van der Waals surface area contributed by atoms with Crippen molar-refractivity contribution in [3.05, 3.63) is 59.0 Å². The first-order chi connectivity index (χ1) is 12.6. The lowest BCUT2D eigenvalue weighted by Gasteiger charge is -2.32. The number of hydrogen-bond acceptors (Lipinski definition) is 3. The lowest BCUT2D eigenvalue weighted by Crippen LogP contribution is -2.42. The lowest BCUT2D eigenvalue weighted by molar-refractivity contribution is 0.191. The van der Waals surface area contributed by atoms with Crippen molar-refractivity contribution in [1.29, 1.82) is 0 Å². The van der Waals surface area contributed by atoms with Crippen molar-refractivity contribution in [2.24, 2.45) is 0 Å². The number of hydrogen-bond donors (Lipinski definition) is 1. The Morgan fingerprint density at radius 2 is 2.15 bits per heavy atom. The minimum atomic E-state index is -0.108. The minimum Gasteiger partial charge on any atom is -0.324 e. The molecular formula is C19H20ClN5O. The number of anilines is 1. The molecule has 1 aromatic carbocycles. The maximum Gasteiger partial charge on any atom is 0.321 e. The number of nitrogens with one attached hydrogen (secondary N) is 1. The van der Waals surface area contributed by atoms with Gasteiger partial charge in [0.25, 0.3) is 0 Å². The van der Waals surface area contributed by atoms with Crippen molar-refractivity contribution in [2.45, 2.75) is 25.7 Å². The molecule has 1 atom stereocenters. The molecule has 6 nitrogen and oxygen atoms in total. The van der Waals surface area contributed by atoms with Crippen LogP contribution in [0.2, 0.25) is 5.02 Å². The van der Waals surface area contributed by atoms with Gasteiger partial charge in [-0.3, -0.25) is 4.40 Å². The average molecular weight is 370 g/mol. The summed E-state index contributed by atoms with van der Waals surface area (Å²) >= 11 is 6.15. The number of benzene rings is 1. The molecule has 3 heterocycles. The van der Waals surface area contributed by atoms with Gasteiger partial charge >= 0.3 is 6.03 Å². The molecular weight excluding hydrogens is 350 g/mol. The predicted octanol–water partition coefficient (Wildman–Crippen LogP) is 4.10. The summed E-state index contributed by atoms with van der Waals surface area (Å²) in [6, 6.07) is 11.3. The molecule has 1 aliphatic rings. The van der Waals surface area contributed by atoms with Crippen LogP contribution in [0.5, 0.6) is 0 Å². The number of fused-ring (bicyclic) bond motifs is 1. The van der Waals surface area contributed by atoms with E-state index >= 15 is 0 Å². The molecule has 1 N–H and O–H groups in total. The van der Waals surface area contributed by atoms with Crippen LogP contribution < -0.4 is 5.32 Å². The Hall–Kier alpha value is -2.60. The van der Waals surface area contributed by atoms with E-state index in [4.69, 9.17) is 11.6 Å². The summed E-state index contributed by atoms with van der Waals surface area (Å²) in [5, 5.41) is 12.2. The monoisotopic (exact) mass is 369 g/mol. The molecule has 0 aliphatic carbocycles. The largest absolute Gasteiger partial charge is 0.324 e. The Morgan fingerprint density at radius 3 is 3.00 bits per heavy atom. The Balaban J connectivity index is 1.49. The number of amides is 2. The van der Waals surface area contributed by atoms with Gasteiger partial charge in [0.1, 0.15) is 5.82 Å². The fourth-order valence-corrected chi connectivity index (χ4v) is 3.56. The summed E-state index contributed by atoms with van der Waals surface area (Å²) in [4.78, 5) is 14.5. The number of urea groups is 1. The van der Waals surface area contributed by atoms with Crippen molar-refractivity contribution < 1.29 is 4.79 Å². The van der Waals surface area contributed by atoms with E-state index in [1.54, 1.807) is 6.07 Å². The van der Waals surface area contributed by atoms with Crippen LogP contribution in [0.25, 0.3) is 5.65 Å². The molecule has 26 heavy (non-hydrogen) atoms.